The van der Waals surface area contributed by atoms with Gasteiger partial charge in [0.05, 0.1) is 6.33 Å². The van der Waals surface area contributed by atoms with Gasteiger partial charge in [-0.15, -0.1) is 0 Å². The van der Waals surface area contributed by atoms with Crippen LogP contribution in [0.1, 0.15) is 27.7 Å². The predicted octanol–water partition coefficient (Wildman–Crippen LogP) is 0.833. The maximum Gasteiger partial charge on any atom is 0.280 e. The van der Waals surface area contributed by atoms with Crippen molar-refractivity contribution in [2.75, 3.05) is 5.32 Å². The highest BCUT2D eigenvalue weighted by Gasteiger charge is 2.19. The molecule has 96 valence electrons. The van der Waals surface area contributed by atoms with Crippen LogP contribution in [0.2, 0.25) is 0 Å². The Morgan fingerprint density at radius 1 is 1.44 bits per heavy atom. The molecule has 0 unspecified atom stereocenters. The third-order valence-electron chi connectivity index (χ3n) is 2.42. The molecular formula is C11H15N5O2. The molecule has 2 rings (SSSR count). The van der Waals surface area contributed by atoms with Gasteiger partial charge in [0.2, 0.25) is 11.9 Å². The monoisotopic (exact) mass is 249 g/mol. The Hall–Kier alpha value is -2.18. The van der Waals surface area contributed by atoms with Gasteiger partial charge in [-0.1, -0.05) is 0 Å². The summed E-state index contributed by atoms with van der Waals surface area (Å²) in [6, 6.07) is 0. The van der Waals surface area contributed by atoms with Crippen LogP contribution in [0.25, 0.3) is 11.2 Å². The summed E-state index contributed by atoms with van der Waals surface area (Å²) in [6.07, 6.45) is 1.57. The van der Waals surface area contributed by atoms with Gasteiger partial charge in [-0.2, -0.15) is 4.98 Å². The molecule has 0 aromatic carbocycles. The number of rotatable bonds is 1. The van der Waals surface area contributed by atoms with Gasteiger partial charge in [-0.05, 0) is 20.8 Å². The van der Waals surface area contributed by atoms with Gasteiger partial charge in [-0.25, -0.2) is 4.98 Å². The van der Waals surface area contributed by atoms with Crippen molar-refractivity contribution in [1.82, 2.24) is 19.5 Å². The molecule has 0 radical (unpaired) electrons. The van der Waals surface area contributed by atoms with Gasteiger partial charge >= 0.3 is 0 Å². The molecule has 0 atom stereocenters. The predicted molar refractivity (Wildman–Crippen MR) is 67.4 cm³/mol. The molecule has 0 saturated heterocycles. The van der Waals surface area contributed by atoms with Crippen LogP contribution in [0.3, 0.4) is 0 Å². The minimum absolute atomic E-state index is 0.131. The smallest absolute Gasteiger partial charge is 0.280 e. The number of hydrogen-bond acceptors (Lipinski definition) is 4. The third-order valence-corrected chi connectivity index (χ3v) is 2.42. The van der Waals surface area contributed by atoms with Gasteiger partial charge in [-0.3, -0.25) is 19.9 Å². The zero-order chi connectivity index (χ0) is 13.5. The van der Waals surface area contributed by atoms with Gasteiger partial charge in [0, 0.05) is 12.5 Å². The molecule has 2 heterocycles. The summed E-state index contributed by atoms with van der Waals surface area (Å²) in [7, 11) is 0. The topological polar surface area (TPSA) is 92.7 Å². The van der Waals surface area contributed by atoms with E-state index in [9.17, 15) is 9.59 Å². The molecule has 18 heavy (non-hydrogen) atoms. The van der Waals surface area contributed by atoms with E-state index in [1.165, 1.54) is 6.92 Å². The number of aromatic amines is 1. The van der Waals surface area contributed by atoms with Crippen molar-refractivity contribution in [2.24, 2.45) is 0 Å². The van der Waals surface area contributed by atoms with Crippen LogP contribution < -0.4 is 10.9 Å². The summed E-state index contributed by atoms with van der Waals surface area (Å²) < 4.78 is 1.79. The molecule has 7 heteroatoms. The van der Waals surface area contributed by atoms with Crippen molar-refractivity contribution >= 4 is 23.0 Å². The number of H-pyrrole nitrogens is 1. The SMILES string of the molecule is CC(=O)Nc1nc2c(ncn2C(C)(C)C)c(=O)[nH]1. The maximum absolute atomic E-state index is 11.8. The van der Waals surface area contributed by atoms with Crippen LogP contribution >= 0.6 is 0 Å². The Balaban J connectivity index is 2.68. The number of fused-ring (bicyclic) bond motifs is 1. The Labute approximate surface area is 103 Å². The fourth-order valence-electron chi connectivity index (χ4n) is 1.63. The van der Waals surface area contributed by atoms with E-state index in [1.807, 2.05) is 20.8 Å². The Bertz CT molecular complexity index is 662. The number of carbonyl (C=O) groups excluding carboxylic acids is 1. The third kappa shape index (κ3) is 2.11. The normalized spacial score (nSPS) is 11.8. The minimum Gasteiger partial charge on any atom is -0.310 e. The molecule has 2 aromatic rings. The number of carbonyl (C=O) groups is 1. The first-order valence-electron chi connectivity index (χ1n) is 5.54. The van der Waals surface area contributed by atoms with E-state index in [-0.39, 0.29) is 28.5 Å². The zero-order valence-corrected chi connectivity index (χ0v) is 10.7. The summed E-state index contributed by atoms with van der Waals surface area (Å²) in [5.41, 5.74) is 0.101. The summed E-state index contributed by atoms with van der Waals surface area (Å²) in [6.45, 7) is 7.30. The van der Waals surface area contributed by atoms with E-state index in [0.29, 0.717) is 5.65 Å². The average molecular weight is 249 g/mol. The quantitative estimate of drug-likeness (QED) is 0.783. The highest BCUT2D eigenvalue weighted by atomic mass is 16.1. The molecule has 7 nitrogen and oxygen atoms in total. The molecule has 0 spiro atoms. The van der Waals surface area contributed by atoms with Gasteiger partial charge in [0.1, 0.15) is 0 Å². The number of imidazole rings is 1. The lowest BCUT2D eigenvalue weighted by molar-refractivity contribution is -0.114. The summed E-state index contributed by atoms with van der Waals surface area (Å²) >= 11 is 0. The van der Waals surface area contributed by atoms with Crippen molar-refractivity contribution in [3.8, 4) is 0 Å². The second-order valence-corrected chi connectivity index (χ2v) is 5.05. The average Bonchev–Trinajstić information content (AvgIpc) is 2.59. The second kappa shape index (κ2) is 3.94. The summed E-state index contributed by atoms with van der Waals surface area (Å²) in [5, 5.41) is 2.46. The molecule has 2 aromatic heterocycles. The number of aromatic nitrogens is 4. The van der Waals surface area contributed by atoms with Gasteiger partial charge < -0.3 is 4.57 Å². The molecule has 0 aliphatic carbocycles. The van der Waals surface area contributed by atoms with Gasteiger partial charge in [0.25, 0.3) is 5.56 Å². The first-order chi connectivity index (χ1) is 8.29. The summed E-state index contributed by atoms with van der Waals surface area (Å²) in [5.74, 6) is -0.162. The largest absolute Gasteiger partial charge is 0.310 e. The van der Waals surface area contributed by atoms with Crippen molar-refractivity contribution in [1.29, 1.82) is 0 Å². The molecule has 2 N–H and O–H groups in total. The van der Waals surface area contributed by atoms with E-state index >= 15 is 0 Å². The van der Waals surface area contributed by atoms with Crippen molar-refractivity contribution < 1.29 is 4.79 Å². The highest BCUT2D eigenvalue weighted by Crippen LogP contribution is 2.18. The lowest BCUT2D eigenvalue weighted by Gasteiger charge is -2.20. The van der Waals surface area contributed by atoms with Crippen LogP contribution in [-0.4, -0.2) is 25.4 Å². The van der Waals surface area contributed by atoms with E-state index in [1.54, 1.807) is 10.9 Å². The van der Waals surface area contributed by atoms with Crippen molar-refractivity contribution in [3.05, 3.63) is 16.7 Å². The lowest BCUT2D eigenvalue weighted by atomic mass is 10.1. The lowest BCUT2D eigenvalue weighted by Crippen LogP contribution is -2.23. The van der Waals surface area contributed by atoms with Crippen LogP contribution in [0, 0.1) is 0 Å². The van der Waals surface area contributed by atoms with Crippen LogP contribution in [0.15, 0.2) is 11.1 Å². The minimum atomic E-state index is -0.369. The van der Waals surface area contributed by atoms with E-state index < -0.39 is 0 Å². The molecular weight excluding hydrogens is 234 g/mol. The Morgan fingerprint density at radius 2 is 2.11 bits per heavy atom. The van der Waals surface area contributed by atoms with Crippen LogP contribution in [0.5, 0.6) is 0 Å². The first kappa shape index (κ1) is 12.3. The Kier molecular flexibility index (Phi) is 2.68. The number of amides is 1. The van der Waals surface area contributed by atoms with Crippen LogP contribution in [-0.2, 0) is 10.3 Å². The van der Waals surface area contributed by atoms with E-state index in [0.717, 1.165) is 0 Å². The molecule has 0 fully saturated rings. The number of nitrogens with one attached hydrogen (secondary N) is 2. The van der Waals surface area contributed by atoms with Crippen molar-refractivity contribution in [2.45, 2.75) is 33.2 Å². The van der Waals surface area contributed by atoms with Crippen molar-refractivity contribution in [3.63, 3.8) is 0 Å². The molecule has 0 saturated carbocycles. The molecule has 0 aliphatic heterocycles. The number of nitrogens with zero attached hydrogens (tertiary/aromatic N) is 3. The van der Waals surface area contributed by atoms with E-state index in [4.69, 9.17) is 0 Å². The standard InChI is InChI=1S/C11H15N5O2/c1-6(17)13-10-14-8-7(9(18)15-10)12-5-16(8)11(2,3)4/h5H,1-4H3,(H2,13,14,15,17,18). The Morgan fingerprint density at radius 3 is 2.67 bits per heavy atom. The van der Waals surface area contributed by atoms with E-state index in [2.05, 4.69) is 20.3 Å². The molecule has 1 amide bonds. The number of anilines is 1. The number of hydrogen-bond donors (Lipinski definition) is 2. The maximum atomic E-state index is 11.8. The summed E-state index contributed by atoms with van der Waals surface area (Å²) in [4.78, 5) is 33.5. The van der Waals surface area contributed by atoms with Crippen LogP contribution in [0.4, 0.5) is 5.95 Å². The molecule has 0 bridgehead atoms. The highest BCUT2D eigenvalue weighted by molar-refractivity contribution is 5.87. The zero-order valence-electron chi connectivity index (χ0n) is 10.7. The fourth-order valence-corrected chi connectivity index (χ4v) is 1.63. The molecule has 0 aliphatic rings. The van der Waals surface area contributed by atoms with Gasteiger partial charge in [0.15, 0.2) is 11.2 Å². The first-order valence-corrected chi connectivity index (χ1v) is 5.54. The second-order valence-electron chi connectivity index (χ2n) is 5.05. The fraction of sp³-hybridized carbons (Fsp3) is 0.455.